The quantitative estimate of drug-likeness (QED) is 0.633. The van der Waals surface area contributed by atoms with Gasteiger partial charge in [0.15, 0.2) is 0 Å². The van der Waals surface area contributed by atoms with Crippen molar-refractivity contribution in [2.75, 3.05) is 13.1 Å². The number of nitrogens with one attached hydrogen (secondary N) is 1. The summed E-state index contributed by atoms with van der Waals surface area (Å²) >= 11 is 0. The van der Waals surface area contributed by atoms with Crippen LogP contribution in [0.15, 0.2) is 0 Å². The van der Waals surface area contributed by atoms with Crippen molar-refractivity contribution in [3.8, 4) is 0 Å². The lowest BCUT2D eigenvalue weighted by atomic mass is 9.68. The lowest BCUT2D eigenvalue weighted by molar-refractivity contribution is 0.122. The molecule has 1 saturated carbocycles. The van der Waals surface area contributed by atoms with Gasteiger partial charge < -0.3 is 5.32 Å². The van der Waals surface area contributed by atoms with Gasteiger partial charge in [0, 0.05) is 0 Å². The van der Waals surface area contributed by atoms with E-state index in [1.807, 2.05) is 0 Å². The van der Waals surface area contributed by atoms with Gasteiger partial charge in [-0.25, -0.2) is 0 Å². The van der Waals surface area contributed by atoms with E-state index in [2.05, 4.69) is 12.2 Å². The highest BCUT2D eigenvalue weighted by Crippen LogP contribution is 2.44. The van der Waals surface area contributed by atoms with Crippen LogP contribution < -0.4 is 5.32 Å². The lowest BCUT2D eigenvalue weighted by Crippen LogP contribution is -2.37. The zero-order valence-electron chi connectivity index (χ0n) is 9.65. The van der Waals surface area contributed by atoms with Crippen LogP contribution in [0.3, 0.4) is 0 Å². The maximum absolute atomic E-state index is 3.49. The first-order valence-corrected chi connectivity index (χ1v) is 6.52. The lowest BCUT2D eigenvalue weighted by Gasteiger charge is -2.40. The predicted octanol–water partition coefficient (Wildman–Crippen LogP) is 3.35. The topological polar surface area (TPSA) is 12.0 Å². The summed E-state index contributed by atoms with van der Waals surface area (Å²) < 4.78 is 0. The van der Waals surface area contributed by atoms with Crippen molar-refractivity contribution < 1.29 is 0 Å². The third-order valence-corrected chi connectivity index (χ3v) is 4.57. The number of hydrogen-bond donors (Lipinski definition) is 1. The van der Waals surface area contributed by atoms with E-state index in [0.29, 0.717) is 5.41 Å². The van der Waals surface area contributed by atoms with Crippen molar-refractivity contribution in [1.29, 1.82) is 0 Å². The first-order valence-electron chi connectivity index (χ1n) is 6.52. The third kappa shape index (κ3) is 2.31. The summed E-state index contributed by atoms with van der Waals surface area (Å²) in [6.45, 7) is 5.09. The highest BCUT2D eigenvalue weighted by atomic mass is 14.9. The zero-order valence-corrected chi connectivity index (χ0v) is 9.65. The molecule has 0 aromatic rings. The highest BCUT2D eigenvalue weighted by molar-refractivity contribution is 4.86. The predicted molar refractivity (Wildman–Crippen MR) is 61.4 cm³/mol. The molecule has 0 bridgehead atoms. The standard InChI is InChI=1S/C13H25N/c1-13(8-4-2-3-5-9-13)12-6-10-14-11-7-12/h12,14H,2-11H2,1H3. The fourth-order valence-electron chi connectivity index (χ4n) is 3.46. The molecule has 0 unspecified atom stereocenters. The fourth-order valence-corrected chi connectivity index (χ4v) is 3.46. The van der Waals surface area contributed by atoms with E-state index in [0.717, 1.165) is 5.92 Å². The van der Waals surface area contributed by atoms with Crippen LogP contribution in [0.25, 0.3) is 0 Å². The van der Waals surface area contributed by atoms with Gasteiger partial charge in [0.2, 0.25) is 0 Å². The van der Waals surface area contributed by atoms with Crippen molar-refractivity contribution in [3.63, 3.8) is 0 Å². The van der Waals surface area contributed by atoms with Crippen LogP contribution in [0.4, 0.5) is 0 Å². The second-order valence-electron chi connectivity index (χ2n) is 5.59. The summed E-state index contributed by atoms with van der Waals surface area (Å²) in [5, 5.41) is 3.49. The molecular weight excluding hydrogens is 170 g/mol. The number of rotatable bonds is 1. The van der Waals surface area contributed by atoms with E-state index < -0.39 is 0 Å². The van der Waals surface area contributed by atoms with Crippen molar-refractivity contribution in [3.05, 3.63) is 0 Å². The Balaban J connectivity index is 1.96. The molecular formula is C13H25N. The second-order valence-corrected chi connectivity index (χ2v) is 5.59. The van der Waals surface area contributed by atoms with Crippen molar-refractivity contribution in [2.24, 2.45) is 11.3 Å². The fraction of sp³-hybridized carbons (Fsp3) is 1.00. The summed E-state index contributed by atoms with van der Waals surface area (Å²) in [5.74, 6) is 1.02. The minimum absolute atomic E-state index is 0.693. The molecule has 2 rings (SSSR count). The van der Waals surface area contributed by atoms with Gasteiger partial charge in [-0.2, -0.15) is 0 Å². The molecule has 1 heterocycles. The van der Waals surface area contributed by atoms with Gasteiger partial charge >= 0.3 is 0 Å². The average Bonchev–Trinajstić information content (AvgIpc) is 2.46. The molecule has 2 fully saturated rings. The highest BCUT2D eigenvalue weighted by Gasteiger charge is 2.34. The van der Waals surface area contributed by atoms with Crippen molar-refractivity contribution in [2.45, 2.75) is 58.3 Å². The molecule has 1 aliphatic carbocycles. The molecule has 1 aliphatic heterocycles. The Bertz CT molecular complexity index is 162. The van der Waals surface area contributed by atoms with Crippen LogP contribution in [-0.2, 0) is 0 Å². The molecule has 1 heteroatoms. The summed E-state index contributed by atoms with van der Waals surface area (Å²) in [5.41, 5.74) is 0.693. The van der Waals surface area contributed by atoms with Crippen molar-refractivity contribution in [1.82, 2.24) is 5.32 Å². The van der Waals surface area contributed by atoms with Crippen LogP contribution >= 0.6 is 0 Å². The molecule has 1 saturated heterocycles. The Morgan fingerprint density at radius 1 is 0.929 bits per heavy atom. The van der Waals surface area contributed by atoms with Crippen LogP contribution in [0.2, 0.25) is 0 Å². The van der Waals surface area contributed by atoms with E-state index in [9.17, 15) is 0 Å². The number of piperidine rings is 1. The Labute approximate surface area is 88.7 Å². The van der Waals surface area contributed by atoms with E-state index in [1.54, 1.807) is 0 Å². The molecule has 2 aliphatic rings. The normalized spacial score (nSPS) is 29.8. The molecule has 0 amide bonds. The Hall–Kier alpha value is -0.0400. The van der Waals surface area contributed by atoms with E-state index in [1.165, 1.54) is 64.5 Å². The molecule has 1 nitrogen and oxygen atoms in total. The van der Waals surface area contributed by atoms with Gasteiger partial charge in [-0.3, -0.25) is 0 Å². The summed E-state index contributed by atoms with van der Waals surface area (Å²) in [4.78, 5) is 0. The smallest absolute Gasteiger partial charge is 0.00461 e. The van der Waals surface area contributed by atoms with Crippen LogP contribution in [-0.4, -0.2) is 13.1 Å². The number of hydrogen-bond acceptors (Lipinski definition) is 1. The van der Waals surface area contributed by atoms with Gasteiger partial charge in [-0.15, -0.1) is 0 Å². The molecule has 0 aromatic heterocycles. The van der Waals surface area contributed by atoms with Crippen LogP contribution in [0, 0.1) is 11.3 Å². The first-order chi connectivity index (χ1) is 6.81. The molecule has 0 aromatic carbocycles. The van der Waals surface area contributed by atoms with E-state index >= 15 is 0 Å². The first kappa shape index (κ1) is 10.5. The molecule has 0 spiro atoms. The van der Waals surface area contributed by atoms with Gasteiger partial charge in [0.1, 0.15) is 0 Å². The monoisotopic (exact) mass is 195 g/mol. The van der Waals surface area contributed by atoms with Crippen molar-refractivity contribution >= 4 is 0 Å². The second kappa shape index (κ2) is 4.65. The average molecular weight is 195 g/mol. The van der Waals surface area contributed by atoms with E-state index in [-0.39, 0.29) is 0 Å². The minimum Gasteiger partial charge on any atom is -0.317 e. The summed E-state index contributed by atoms with van der Waals surface area (Å²) in [6, 6.07) is 0. The minimum atomic E-state index is 0.693. The van der Waals surface area contributed by atoms with Gasteiger partial charge in [0.25, 0.3) is 0 Å². The molecule has 1 N–H and O–H groups in total. The van der Waals surface area contributed by atoms with Crippen LogP contribution in [0.1, 0.15) is 58.3 Å². The molecule has 0 atom stereocenters. The Kier molecular flexibility index (Phi) is 3.48. The van der Waals surface area contributed by atoms with Crippen LogP contribution in [0.5, 0.6) is 0 Å². The van der Waals surface area contributed by atoms with Gasteiger partial charge in [0.05, 0.1) is 0 Å². The summed E-state index contributed by atoms with van der Waals surface area (Å²) in [6.07, 6.45) is 11.8. The van der Waals surface area contributed by atoms with Gasteiger partial charge in [-0.1, -0.05) is 32.6 Å². The largest absolute Gasteiger partial charge is 0.317 e. The Morgan fingerprint density at radius 3 is 2.07 bits per heavy atom. The maximum Gasteiger partial charge on any atom is -0.00461 e. The molecule has 14 heavy (non-hydrogen) atoms. The molecule has 0 radical (unpaired) electrons. The van der Waals surface area contributed by atoms with Gasteiger partial charge in [-0.05, 0) is 50.1 Å². The van der Waals surface area contributed by atoms with E-state index in [4.69, 9.17) is 0 Å². The third-order valence-electron chi connectivity index (χ3n) is 4.57. The molecule has 82 valence electrons. The Morgan fingerprint density at radius 2 is 1.50 bits per heavy atom. The SMILES string of the molecule is CC1(C2CCNCC2)CCCCCC1. The maximum atomic E-state index is 3.49. The zero-order chi connectivity index (χ0) is 9.86. The summed E-state index contributed by atoms with van der Waals surface area (Å²) in [7, 11) is 0.